The highest BCUT2D eigenvalue weighted by atomic mass is 32.2. The lowest BCUT2D eigenvalue weighted by Gasteiger charge is -2.05. The number of rotatable bonds is 6. The average Bonchev–Trinajstić information content (AvgIpc) is 3.35. The molecule has 152 valence electrons. The molecule has 0 unspecified atom stereocenters. The number of hydrogen-bond acceptors (Lipinski definition) is 6. The third kappa shape index (κ3) is 4.33. The molecule has 0 bridgehead atoms. The maximum atomic E-state index is 13.1. The van der Waals surface area contributed by atoms with Crippen molar-refractivity contribution >= 4 is 23.4 Å². The Labute approximate surface area is 175 Å². The highest BCUT2D eigenvalue weighted by Gasteiger charge is 2.16. The van der Waals surface area contributed by atoms with Crippen LogP contribution in [-0.4, -0.2) is 36.7 Å². The van der Waals surface area contributed by atoms with Crippen molar-refractivity contribution in [2.45, 2.75) is 12.1 Å². The summed E-state index contributed by atoms with van der Waals surface area (Å²) in [4.78, 5) is 12.2. The van der Waals surface area contributed by atoms with Gasteiger partial charge in [-0.3, -0.25) is 9.89 Å². The van der Waals surface area contributed by atoms with E-state index in [1.165, 1.54) is 28.6 Å². The Morgan fingerprint density at radius 1 is 1.17 bits per heavy atom. The summed E-state index contributed by atoms with van der Waals surface area (Å²) in [5.74, 6) is 6.12. The molecule has 4 rings (SSSR count). The topological polar surface area (TPSA) is 115 Å². The van der Waals surface area contributed by atoms with Gasteiger partial charge < -0.3 is 11.2 Å². The third-order valence-electron chi connectivity index (χ3n) is 4.29. The van der Waals surface area contributed by atoms with Crippen molar-refractivity contribution < 1.29 is 9.18 Å². The standard InChI is InChI=1S/C20H18FN7OS/c1-12-2-8-15(9-3-12)23-18(29)11-30-20-27-26-19(28(20)22)17-10-16(24-25-17)13-4-6-14(21)7-5-13/h2-10H,11,22H2,1H3,(H,23,29)(H,24,25). The van der Waals surface area contributed by atoms with Crippen LogP contribution in [0.3, 0.4) is 0 Å². The molecule has 0 spiro atoms. The van der Waals surface area contributed by atoms with E-state index >= 15 is 0 Å². The van der Waals surface area contributed by atoms with E-state index in [2.05, 4.69) is 25.7 Å². The Kier molecular flexibility index (Phi) is 5.48. The van der Waals surface area contributed by atoms with Crippen molar-refractivity contribution in [1.82, 2.24) is 25.1 Å². The molecular weight excluding hydrogens is 405 g/mol. The van der Waals surface area contributed by atoms with Crippen LogP contribution in [0.5, 0.6) is 0 Å². The summed E-state index contributed by atoms with van der Waals surface area (Å²) in [6.45, 7) is 1.98. The van der Waals surface area contributed by atoms with Gasteiger partial charge in [-0.15, -0.1) is 10.2 Å². The number of nitrogens with zero attached hydrogens (tertiary/aromatic N) is 4. The zero-order valence-electron chi connectivity index (χ0n) is 16.0. The lowest BCUT2D eigenvalue weighted by atomic mass is 10.1. The average molecular weight is 423 g/mol. The fraction of sp³-hybridized carbons (Fsp3) is 0.100. The predicted octanol–water partition coefficient (Wildman–Crippen LogP) is 3.23. The van der Waals surface area contributed by atoms with Crippen molar-refractivity contribution in [3.05, 3.63) is 66.0 Å². The SMILES string of the molecule is Cc1ccc(NC(=O)CSc2nnc(-c3cc(-c4ccc(F)cc4)n[nH]3)n2N)cc1. The molecular formula is C20H18FN7OS. The zero-order valence-corrected chi connectivity index (χ0v) is 16.8. The van der Waals surface area contributed by atoms with E-state index in [0.717, 1.165) is 16.8 Å². The fourth-order valence-corrected chi connectivity index (χ4v) is 3.38. The summed E-state index contributed by atoms with van der Waals surface area (Å²) in [6, 6.07) is 15.3. The highest BCUT2D eigenvalue weighted by Crippen LogP contribution is 2.25. The molecule has 0 saturated carbocycles. The number of anilines is 1. The first-order valence-corrected chi connectivity index (χ1v) is 9.99. The molecule has 8 nitrogen and oxygen atoms in total. The lowest BCUT2D eigenvalue weighted by Crippen LogP contribution is -2.16. The van der Waals surface area contributed by atoms with Crippen LogP contribution in [0.2, 0.25) is 0 Å². The van der Waals surface area contributed by atoms with Crippen LogP contribution in [0.1, 0.15) is 5.56 Å². The maximum Gasteiger partial charge on any atom is 0.234 e. The van der Waals surface area contributed by atoms with Crippen molar-refractivity contribution in [3.63, 3.8) is 0 Å². The first-order chi connectivity index (χ1) is 14.5. The van der Waals surface area contributed by atoms with E-state index in [9.17, 15) is 9.18 Å². The normalized spacial score (nSPS) is 10.9. The van der Waals surface area contributed by atoms with Crippen LogP contribution >= 0.6 is 11.8 Å². The molecule has 2 heterocycles. The second kappa shape index (κ2) is 8.37. The predicted molar refractivity (Wildman–Crippen MR) is 114 cm³/mol. The molecule has 0 aliphatic rings. The van der Waals surface area contributed by atoms with Crippen LogP contribution in [0, 0.1) is 12.7 Å². The number of carbonyl (C=O) groups is 1. The molecule has 2 aromatic carbocycles. The van der Waals surface area contributed by atoms with Crippen LogP contribution in [-0.2, 0) is 4.79 Å². The minimum Gasteiger partial charge on any atom is -0.335 e. The summed E-state index contributed by atoms with van der Waals surface area (Å²) in [5.41, 5.74) is 3.78. The van der Waals surface area contributed by atoms with Gasteiger partial charge in [-0.05, 0) is 49.4 Å². The van der Waals surface area contributed by atoms with E-state index in [1.54, 1.807) is 18.2 Å². The van der Waals surface area contributed by atoms with E-state index < -0.39 is 0 Å². The third-order valence-corrected chi connectivity index (χ3v) is 5.23. The van der Waals surface area contributed by atoms with Crippen molar-refractivity contribution in [2.75, 3.05) is 16.9 Å². The smallest absolute Gasteiger partial charge is 0.234 e. The van der Waals surface area contributed by atoms with Gasteiger partial charge in [-0.25, -0.2) is 9.07 Å². The molecule has 0 fully saturated rings. The number of benzene rings is 2. The number of amides is 1. The van der Waals surface area contributed by atoms with Gasteiger partial charge in [0.05, 0.1) is 11.4 Å². The minimum absolute atomic E-state index is 0.132. The number of hydrogen-bond donors (Lipinski definition) is 3. The number of aromatic nitrogens is 5. The lowest BCUT2D eigenvalue weighted by molar-refractivity contribution is -0.113. The van der Waals surface area contributed by atoms with Gasteiger partial charge in [0.2, 0.25) is 16.9 Å². The Balaban J connectivity index is 1.42. The summed E-state index contributed by atoms with van der Waals surface area (Å²) in [7, 11) is 0. The second-order valence-corrected chi connectivity index (χ2v) is 7.50. The Morgan fingerprint density at radius 2 is 1.90 bits per heavy atom. The molecule has 1 amide bonds. The number of H-pyrrole nitrogens is 1. The number of aromatic amines is 1. The van der Waals surface area contributed by atoms with E-state index in [4.69, 9.17) is 5.84 Å². The Bertz CT molecular complexity index is 1170. The monoisotopic (exact) mass is 423 g/mol. The number of halogens is 1. The van der Waals surface area contributed by atoms with Gasteiger partial charge in [-0.1, -0.05) is 29.5 Å². The second-order valence-electron chi connectivity index (χ2n) is 6.55. The number of thioether (sulfide) groups is 1. The quantitative estimate of drug-likeness (QED) is 0.324. The van der Waals surface area contributed by atoms with Crippen molar-refractivity contribution in [2.24, 2.45) is 0 Å². The summed E-state index contributed by atoms with van der Waals surface area (Å²) in [5, 5.41) is 18.4. The summed E-state index contributed by atoms with van der Waals surface area (Å²) >= 11 is 1.17. The maximum absolute atomic E-state index is 13.1. The van der Waals surface area contributed by atoms with Crippen LogP contribution in [0.4, 0.5) is 10.1 Å². The molecule has 0 saturated heterocycles. The van der Waals surface area contributed by atoms with Crippen LogP contribution < -0.4 is 11.2 Å². The van der Waals surface area contributed by atoms with Gasteiger partial charge in [0.25, 0.3) is 0 Å². The van der Waals surface area contributed by atoms with E-state index in [1.807, 2.05) is 31.2 Å². The van der Waals surface area contributed by atoms with Gasteiger partial charge in [-0.2, -0.15) is 5.10 Å². The van der Waals surface area contributed by atoms with Gasteiger partial charge in [0, 0.05) is 11.3 Å². The number of nitrogens with one attached hydrogen (secondary N) is 2. The van der Waals surface area contributed by atoms with Crippen LogP contribution in [0.15, 0.2) is 59.8 Å². The molecule has 4 aromatic rings. The first kappa shape index (κ1) is 19.6. The number of nitrogens with two attached hydrogens (primary N) is 1. The van der Waals surface area contributed by atoms with Crippen LogP contribution in [0.25, 0.3) is 22.8 Å². The first-order valence-electron chi connectivity index (χ1n) is 9.01. The van der Waals surface area contributed by atoms with Gasteiger partial charge in [0.15, 0.2) is 0 Å². The van der Waals surface area contributed by atoms with Crippen molar-refractivity contribution in [1.29, 1.82) is 0 Å². The molecule has 0 atom stereocenters. The fourth-order valence-electron chi connectivity index (χ4n) is 2.73. The molecule has 0 radical (unpaired) electrons. The molecule has 30 heavy (non-hydrogen) atoms. The minimum atomic E-state index is -0.315. The summed E-state index contributed by atoms with van der Waals surface area (Å²) in [6.07, 6.45) is 0. The molecule has 2 aromatic heterocycles. The number of carbonyl (C=O) groups excluding carboxylic acids is 1. The number of aryl methyl sites for hydroxylation is 1. The zero-order chi connectivity index (χ0) is 21.1. The summed E-state index contributed by atoms with van der Waals surface area (Å²) < 4.78 is 14.4. The molecule has 0 aliphatic carbocycles. The number of nitrogen functional groups attached to an aromatic ring is 1. The molecule has 4 N–H and O–H groups in total. The molecule has 0 aliphatic heterocycles. The Hall–Kier alpha value is -3.66. The van der Waals surface area contributed by atoms with Crippen molar-refractivity contribution in [3.8, 4) is 22.8 Å². The largest absolute Gasteiger partial charge is 0.335 e. The van der Waals surface area contributed by atoms with E-state index in [-0.39, 0.29) is 17.5 Å². The Morgan fingerprint density at radius 3 is 2.63 bits per heavy atom. The molecule has 10 heteroatoms. The van der Waals surface area contributed by atoms with Gasteiger partial charge >= 0.3 is 0 Å². The van der Waals surface area contributed by atoms with E-state index in [0.29, 0.717) is 22.4 Å². The van der Waals surface area contributed by atoms with Gasteiger partial charge in [0.1, 0.15) is 11.5 Å². The highest BCUT2D eigenvalue weighted by molar-refractivity contribution is 7.99.